The van der Waals surface area contributed by atoms with Gasteiger partial charge in [0.15, 0.2) is 15.0 Å². The Hall–Kier alpha value is -2.18. The van der Waals surface area contributed by atoms with Crippen LogP contribution in [0.3, 0.4) is 0 Å². The first-order chi connectivity index (χ1) is 16.8. The van der Waals surface area contributed by atoms with E-state index < -0.39 is 15.7 Å². The molecule has 0 saturated carbocycles. The zero-order valence-corrected chi connectivity index (χ0v) is 22.0. The highest BCUT2D eigenvalue weighted by molar-refractivity contribution is 7.91. The van der Waals surface area contributed by atoms with Crippen molar-refractivity contribution in [3.8, 4) is 0 Å². The zero-order valence-electron chi connectivity index (χ0n) is 19.6. The summed E-state index contributed by atoms with van der Waals surface area (Å²) in [6.45, 7) is 4.28. The lowest BCUT2D eigenvalue weighted by atomic mass is 10.2. The molecule has 0 bridgehead atoms. The molecule has 2 aromatic carbocycles. The van der Waals surface area contributed by atoms with Crippen LogP contribution in [0, 0.1) is 11.6 Å². The van der Waals surface area contributed by atoms with E-state index in [4.69, 9.17) is 4.74 Å². The van der Waals surface area contributed by atoms with Crippen molar-refractivity contribution in [2.24, 2.45) is 0 Å². The maximum atomic E-state index is 13.7. The molecular formula is C24H28ClF2N3O4S2. The molecule has 7 nitrogen and oxygen atoms in total. The molecule has 1 fully saturated rings. The van der Waals surface area contributed by atoms with Crippen molar-refractivity contribution in [3.05, 3.63) is 54.1 Å². The highest BCUT2D eigenvalue weighted by Gasteiger charge is 2.22. The standard InChI is InChI=1S/C24H27F2N3O4S2.ClH/c25-18-4-7-20(8-5-18)35(31,32)16-1-3-23(30)29(11-2-10-28-12-14-33-15-13-28)24-27-21-9-6-19(26)17-22(21)34-24;/h4-9,17H,1-3,10-16H2;1H. The van der Waals surface area contributed by atoms with Crippen LogP contribution in [0.5, 0.6) is 0 Å². The number of nitrogens with zero attached hydrogens (tertiary/aromatic N) is 3. The molecule has 2 heterocycles. The molecule has 0 atom stereocenters. The van der Waals surface area contributed by atoms with Gasteiger partial charge in [0.1, 0.15) is 11.6 Å². The number of sulfone groups is 1. The molecule has 1 aromatic heterocycles. The number of carbonyl (C=O) groups is 1. The lowest BCUT2D eigenvalue weighted by Crippen LogP contribution is -2.39. The molecule has 0 unspecified atom stereocenters. The van der Waals surface area contributed by atoms with Gasteiger partial charge in [0.05, 0.1) is 34.1 Å². The molecule has 0 aliphatic carbocycles. The van der Waals surface area contributed by atoms with Crippen molar-refractivity contribution in [2.45, 2.75) is 24.2 Å². The molecule has 36 heavy (non-hydrogen) atoms. The molecule has 196 valence electrons. The van der Waals surface area contributed by atoms with E-state index in [1.54, 1.807) is 11.0 Å². The van der Waals surface area contributed by atoms with Crippen LogP contribution in [-0.2, 0) is 19.4 Å². The number of rotatable bonds is 10. The van der Waals surface area contributed by atoms with Gasteiger partial charge in [0, 0.05) is 32.6 Å². The van der Waals surface area contributed by atoms with E-state index in [1.807, 2.05) is 0 Å². The summed E-state index contributed by atoms with van der Waals surface area (Å²) in [4.78, 5) is 21.6. The molecule has 4 rings (SSSR count). The topological polar surface area (TPSA) is 79.8 Å². The summed E-state index contributed by atoms with van der Waals surface area (Å²) >= 11 is 1.24. The number of amides is 1. The Morgan fingerprint density at radius 1 is 1.06 bits per heavy atom. The average Bonchev–Trinajstić information content (AvgIpc) is 3.25. The third-order valence-electron chi connectivity index (χ3n) is 5.81. The maximum Gasteiger partial charge on any atom is 0.228 e. The van der Waals surface area contributed by atoms with Crippen LogP contribution in [0.25, 0.3) is 10.2 Å². The number of benzene rings is 2. The number of hydrogen-bond donors (Lipinski definition) is 0. The highest BCUT2D eigenvalue weighted by atomic mass is 35.5. The normalized spacial score (nSPS) is 14.5. The van der Waals surface area contributed by atoms with Crippen LogP contribution in [0.15, 0.2) is 47.4 Å². The predicted molar refractivity (Wildman–Crippen MR) is 139 cm³/mol. The van der Waals surface area contributed by atoms with Crippen molar-refractivity contribution < 1.29 is 26.7 Å². The van der Waals surface area contributed by atoms with Gasteiger partial charge in [-0.1, -0.05) is 11.3 Å². The first kappa shape index (κ1) is 28.4. The van der Waals surface area contributed by atoms with E-state index in [0.717, 1.165) is 31.8 Å². The number of ether oxygens (including phenoxy) is 1. The Morgan fingerprint density at radius 3 is 2.47 bits per heavy atom. The smallest absolute Gasteiger partial charge is 0.228 e. The molecule has 1 saturated heterocycles. The van der Waals surface area contributed by atoms with Gasteiger partial charge < -0.3 is 4.74 Å². The lowest BCUT2D eigenvalue weighted by molar-refractivity contribution is -0.118. The minimum absolute atomic E-state index is 0. The fourth-order valence-electron chi connectivity index (χ4n) is 3.91. The van der Waals surface area contributed by atoms with Gasteiger partial charge in [-0.15, -0.1) is 12.4 Å². The van der Waals surface area contributed by atoms with E-state index in [2.05, 4.69) is 9.88 Å². The van der Waals surface area contributed by atoms with Crippen LogP contribution in [0.1, 0.15) is 19.3 Å². The number of thiazole rings is 1. The van der Waals surface area contributed by atoms with Crippen molar-refractivity contribution in [1.82, 2.24) is 9.88 Å². The molecule has 1 amide bonds. The van der Waals surface area contributed by atoms with Crippen LogP contribution in [-0.4, -0.2) is 69.4 Å². The number of aromatic nitrogens is 1. The van der Waals surface area contributed by atoms with E-state index in [0.29, 0.717) is 41.5 Å². The van der Waals surface area contributed by atoms with Gasteiger partial charge in [-0.25, -0.2) is 22.2 Å². The molecule has 0 spiro atoms. The molecule has 3 aromatic rings. The number of hydrogen-bond acceptors (Lipinski definition) is 7. The van der Waals surface area contributed by atoms with Crippen LogP contribution >= 0.6 is 23.7 Å². The molecule has 0 radical (unpaired) electrons. The van der Waals surface area contributed by atoms with Gasteiger partial charge in [0.25, 0.3) is 0 Å². The molecular weight excluding hydrogens is 532 g/mol. The summed E-state index contributed by atoms with van der Waals surface area (Å²) in [6.07, 6.45) is 0.851. The Bertz CT molecular complexity index is 1270. The monoisotopic (exact) mass is 559 g/mol. The highest BCUT2D eigenvalue weighted by Crippen LogP contribution is 2.30. The van der Waals surface area contributed by atoms with Gasteiger partial charge in [-0.05, 0) is 55.3 Å². The zero-order chi connectivity index (χ0) is 24.8. The van der Waals surface area contributed by atoms with E-state index in [1.165, 1.54) is 35.6 Å². The molecule has 12 heteroatoms. The summed E-state index contributed by atoms with van der Waals surface area (Å²) < 4.78 is 57.9. The predicted octanol–water partition coefficient (Wildman–Crippen LogP) is 4.31. The minimum atomic E-state index is -3.63. The Labute approximate surface area is 219 Å². The second kappa shape index (κ2) is 12.9. The van der Waals surface area contributed by atoms with Gasteiger partial charge in [0.2, 0.25) is 5.91 Å². The van der Waals surface area contributed by atoms with Crippen LogP contribution < -0.4 is 4.90 Å². The van der Waals surface area contributed by atoms with E-state index >= 15 is 0 Å². The number of halogens is 3. The summed E-state index contributed by atoms with van der Waals surface area (Å²) in [5.74, 6) is -1.34. The largest absolute Gasteiger partial charge is 0.379 e. The Morgan fingerprint density at radius 2 is 1.75 bits per heavy atom. The van der Waals surface area contributed by atoms with Crippen LogP contribution in [0.2, 0.25) is 0 Å². The Kier molecular flexibility index (Phi) is 10.1. The second-order valence-electron chi connectivity index (χ2n) is 8.34. The first-order valence-corrected chi connectivity index (χ1v) is 13.9. The summed E-state index contributed by atoms with van der Waals surface area (Å²) in [7, 11) is -3.63. The fraction of sp³-hybridized carbons (Fsp3) is 0.417. The number of morpholine rings is 1. The molecule has 0 N–H and O–H groups in total. The van der Waals surface area contributed by atoms with Crippen molar-refractivity contribution in [3.63, 3.8) is 0 Å². The first-order valence-electron chi connectivity index (χ1n) is 11.5. The van der Waals surface area contributed by atoms with Crippen LogP contribution in [0.4, 0.5) is 13.9 Å². The van der Waals surface area contributed by atoms with E-state index in [9.17, 15) is 22.0 Å². The van der Waals surface area contributed by atoms with Gasteiger partial charge >= 0.3 is 0 Å². The maximum absolute atomic E-state index is 13.7. The summed E-state index contributed by atoms with van der Waals surface area (Å²) in [5.41, 5.74) is 0.608. The fourth-order valence-corrected chi connectivity index (χ4v) is 6.26. The van der Waals surface area contributed by atoms with Gasteiger partial charge in [-0.3, -0.25) is 14.6 Å². The number of carbonyl (C=O) groups excluding carboxylic acids is 1. The number of anilines is 1. The Balaban J connectivity index is 0.00000361. The third kappa shape index (κ3) is 7.42. The molecule has 1 aliphatic rings. The average molecular weight is 560 g/mol. The quantitative estimate of drug-likeness (QED) is 0.345. The van der Waals surface area contributed by atoms with Crippen molar-refractivity contribution in [1.29, 1.82) is 0 Å². The minimum Gasteiger partial charge on any atom is -0.379 e. The third-order valence-corrected chi connectivity index (χ3v) is 8.67. The van der Waals surface area contributed by atoms with Gasteiger partial charge in [-0.2, -0.15) is 0 Å². The van der Waals surface area contributed by atoms with E-state index in [-0.39, 0.29) is 47.6 Å². The lowest BCUT2D eigenvalue weighted by Gasteiger charge is -2.27. The SMILES string of the molecule is Cl.O=C(CCCS(=O)(=O)c1ccc(F)cc1)N(CCCN1CCOCC1)c1nc2ccc(F)cc2s1. The second-order valence-corrected chi connectivity index (χ2v) is 11.5. The summed E-state index contributed by atoms with van der Waals surface area (Å²) in [5, 5.41) is 0.471. The summed E-state index contributed by atoms with van der Waals surface area (Å²) in [6, 6.07) is 8.96. The van der Waals surface area contributed by atoms with Crippen molar-refractivity contribution in [2.75, 3.05) is 50.0 Å². The molecule has 1 aliphatic heterocycles. The van der Waals surface area contributed by atoms with Crippen molar-refractivity contribution >= 4 is 54.8 Å². The number of fused-ring (bicyclic) bond motifs is 1.